The molecule has 0 bridgehead atoms. The van der Waals surface area contributed by atoms with Crippen molar-refractivity contribution in [1.82, 2.24) is 0 Å². The Hall–Kier alpha value is -0.742. The molecule has 0 amide bonds. The fourth-order valence-corrected chi connectivity index (χ4v) is 1.11. The summed E-state index contributed by atoms with van der Waals surface area (Å²) >= 11 is 0. The Labute approximate surface area is 142 Å². The summed E-state index contributed by atoms with van der Waals surface area (Å²) in [5.41, 5.74) is 3.95. The third kappa shape index (κ3) is 15.3. The van der Waals surface area contributed by atoms with Crippen LogP contribution in [0.15, 0.2) is 48.5 Å². The average molecular weight is 433 g/mol. The fraction of sp³-hybridized carbons (Fsp3) is 0.294. The zero-order chi connectivity index (χ0) is 15.1. The van der Waals surface area contributed by atoms with E-state index in [0.29, 0.717) is 0 Å². The first-order chi connectivity index (χ1) is 9.18. The smallest absolute Gasteiger partial charge is 0.0606 e. The third-order valence-electron chi connectivity index (χ3n) is 2.10. The van der Waals surface area contributed by atoms with Crippen LogP contribution in [0.4, 0.5) is 0 Å². The maximum absolute atomic E-state index is 4.50. The van der Waals surface area contributed by atoms with E-state index in [1.54, 1.807) is 0 Å². The van der Waals surface area contributed by atoms with Crippen LogP contribution < -0.4 is 0 Å². The van der Waals surface area contributed by atoms with Crippen LogP contribution in [0.25, 0.3) is 0 Å². The van der Waals surface area contributed by atoms with Gasteiger partial charge in [-0.25, -0.2) is 0 Å². The van der Waals surface area contributed by atoms with Crippen molar-refractivity contribution >= 4 is 15.7 Å². The molecule has 0 atom stereocenters. The van der Waals surface area contributed by atoms with Crippen molar-refractivity contribution in [2.24, 2.45) is 0 Å². The van der Waals surface area contributed by atoms with Gasteiger partial charge in [-0.05, 0) is 13.8 Å². The summed E-state index contributed by atoms with van der Waals surface area (Å²) in [7, 11) is 9.00. The normalized spacial score (nSPS) is 7.25. The number of hydrogen-bond donors (Lipinski definition) is 0. The van der Waals surface area contributed by atoms with Crippen LogP contribution in [0, 0.1) is 26.8 Å². The van der Waals surface area contributed by atoms with Crippen molar-refractivity contribution in [3.05, 3.63) is 71.3 Å². The van der Waals surface area contributed by atoms with E-state index in [4.69, 9.17) is 0 Å². The van der Waals surface area contributed by atoms with Gasteiger partial charge in [-0.15, -0.1) is 0 Å². The van der Waals surface area contributed by atoms with E-state index >= 15 is 0 Å². The van der Waals surface area contributed by atoms with Crippen LogP contribution in [0.1, 0.15) is 16.7 Å². The first-order valence-corrected chi connectivity index (χ1v) is 6.30. The van der Waals surface area contributed by atoms with Crippen LogP contribution >= 0.6 is 0 Å². The van der Waals surface area contributed by atoms with Gasteiger partial charge in [0, 0.05) is 21.1 Å². The number of hydrogen-bond acceptors (Lipinski definition) is 0. The Morgan fingerprint density at radius 3 is 1.05 bits per heavy atom. The van der Waals surface area contributed by atoms with Crippen molar-refractivity contribution in [2.75, 3.05) is 0 Å². The second kappa shape index (κ2) is 18.3. The van der Waals surface area contributed by atoms with Crippen LogP contribution in [-0.4, -0.2) is 15.7 Å². The second-order valence-electron chi connectivity index (χ2n) is 3.73. The van der Waals surface area contributed by atoms with Crippen molar-refractivity contribution in [3.8, 4) is 0 Å². The molecule has 2 aromatic rings. The first-order valence-electron chi connectivity index (χ1n) is 6.30. The zero-order valence-electron chi connectivity index (χ0n) is 13.2. The predicted molar refractivity (Wildman–Crippen MR) is 89.2 cm³/mol. The summed E-state index contributed by atoms with van der Waals surface area (Å²) in [5.74, 6) is 0. The van der Waals surface area contributed by atoms with Gasteiger partial charge in [0.25, 0.3) is 0 Å². The molecular formula is C17H23B2W-. The van der Waals surface area contributed by atoms with E-state index in [1.165, 1.54) is 30.3 Å². The molecule has 0 aliphatic carbocycles. The van der Waals surface area contributed by atoms with Gasteiger partial charge in [0.15, 0.2) is 0 Å². The Morgan fingerprint density at radius 2 is 0.850 bits per heavy atom. The van der Waals surface area contributed by atoms with Gasteiger partial charge >= 0.3 is 0 Å². The average Bonchev–Trinajstić information content (AvgIpc) is 2.48. The minimum atomic E-state index is 0. The van der Waals surface area contributed by atoms with Crippen molar-refractivity contribution < 1.29 is 21.1 Å². The molecule has 0 saturated carbocycles. The van der Waals surface area contributed by atoms with Gasteiger partial charge in [0.1, 0.15) is 0 Å². The Bertz CT molecular complexity index is 364. The summed E-state index contributed by atoms with van der Waals surface area (Å²) < 4.78 is 0. The van der Waals surface area contributed by atoms with Gasteiger partial charge in [-0.3, -0.25) is 0 Å². The molecule has 0 N–H and O–H groups in total. The molecule has 0 nitrogen and oxygen atoms in total. The fourth-order valence-electron chi connectivity index (χ4n) is 1.11. The second-order valence-corrected chi connectivity index (χ2v) is 3.73. The van der Waals surface area contributed by atoms with Crippen molar-refractivity contribution in [2.45, 2.75) is 34.4 Å². The van der Waals surface area contributed by atoms with Crippen molar-refractivity contribution in [3.63, 3.8) is 0 Å². The summed E-state index contributed by atoms with van der Waals surface area (Å²) in [6.45, 7) is 9.26. The molecule has 104 valence electrons. The number of rotatable bonds is 0. The molecule has 0 aliphatic rings. The molecule has 4 radical (unpaired) electrons. The van der Waals surface area contributed by atoms with Crippen LogP contribution in [-0.2, 0) is 21.1 Å². The molecule has 2 aromatic carbocycles. The molecule has 0 aromatic heterocycles. The van der Waals surface area contributed by atoms with Gasteiger partial charge < -0.3 is 0 Å². The molecule has 3 heteroatoms. The Balaban J connectivity index is -0.000000224. The minimum absolute atomic E-state index is 0. The Kier molecular flexibility index (Phi) is 22.2. The van der Waals surface area contributed by atoms with E-state index < -0.39 is 0 Å². The predicted octanol–water partition coefficient (Wildman–Crippen LogP) is 4.50. The number of benzene rings is 2. The SMILES string of the molecule is Cc1cc[c-]cc1.Cc1ccc(C)cc1.[B]C.[B]C.[W]. The van der Waals surface area contributed by atoms with E-state index in [-0.39, 0.29) is 21.1 Å². The zero-order valence-corrected chi connectivity index (χ0v) is 16.1. The molecule has 0 unspecified atom stereocenters. The first kappa shape index (κ1) is 24.3. The monoisotopic (exact) mass is 433 g/mol. The van der Waals surface area contributed by atoms with Gasteiger partial charge in [0.05, 0.1) is 15.7 Å². The summed E-state index contributed by atoms with van der Waals surface area (Å²) in [5, 5.41) is 0. The maximum Gasteiger partial charge on any atom is 0.0606 e. The molecule has 0 spiro atoms. The van der Waals surface area contributed by atoms with Gasteiger partial charge in [0.2, 0.25) is 0 Å². The molecule has 0 saturated heterocycles. The van der Waals surface area contributed by atoms with Crippen LogP contribution in [0.2, 0.25) is 13.6 Å². The third-order valence-corrected chi connectivity index (χ3v) is 2.10. The molecular weight excluding hydrogens is 410 g/mol. The van der Waals surface area contributed by atoms with Crippen LogP contribution in [0.5, 0.6) is 0 Å². The summed E-state index contributed by atoms with van der Waals surface area (Å²) in [6, 6.07) is 19.3. The molecule has 20 heavy (non-hydrogen) atoms. The largest absolute Gasteiger partial charge is 0.184 e. The quantitative estimate of drug-likeness (QED) is 0.425. The van der Waals surface area contributed by atoms with Crippen LogP contribution in [0.3, 0.4) is 0 Å². The summed E-state index contributed by atoms with van der Waals surface area (Å²) in [4.78, 5) is 0. The van der Waals surface area contributed by atoms with E-state index in [2.05, 4.69) is 66.8 Å². The topological polar surface area (TPSA) is 0 Å². The molecule has 0 fully saturated rings. The molecule has 2 rings (SSSR count). The van der Waals surface area contributed by atoms with E-state index in [0.717, 1.165) is 0 Å². The Morgan fingerprint density at radius 1 is 0.600 bits per heavy atom. The van der Waals surface area contributed by atoms with E-state index in [9.17, 15) is 0 Å². The van der Waals surface area contributed by atoms with Gasteiger partial charge in [-0.2, -0.15) is 35.9 Å². The number of aryl methyl sites for hydroxylation is 3. The van der Waals surface area contributed by atoms with E-state index in [1.807, 2.05) is 24.3 Å². The molecule has 0 aliphatic heterocycles. The molecule has 0 heterocycles. The summed E-state index contributed by atoms with van der Waals surface area (Å²) in [6.07, 6.45) is 0. The minimum Gasteiger partial charge on any atom is -0.184 e. The van der Waals surface area contributed by atoms with Gasteiger partial charge in [-0.1, -0.05) is 56.0 Å². The van der Waals surface area contributed by atoms with Crippen molar-refractivity contribution in [1.29, 1.82) is 0 Å². The maximum atomic E-state index is 4.50. The standard InChI is InChI=1S/C8H10.C7H7.2CH3B.W/c1-7-3-5-8(2)6-4-7;1-7-5-3-2-4-6-7;2*1-2;/h3-6H,1-2H3;3-6H,1H3;2*1H3;/q;-1;;;.